The molecule has 134 valence electrons. The van der Waals surface area contributed by atoms with Gasteiger partial charge in [-0.25, -0.2) is 4.79 Å². The molecular weight excluding hydrogens is 326 g/mol. The van der Waals surface area contributed by atoms with E-state index in [1.807, 2.05) is 24.3 Å². The SMILES string of the molecule is COC(=O)COc1ccc(CN[C@H](C)c2cccc3ccccc23)cc1. The molecular formula is C22H23NO3. The van der Waals surface area contributed by atoms with E-state index in [2.05, 4.69) is 59.4 Å². The van der Waals surface area contributed by atoms with E-state index in [9.17, 15) is 4.79 Å². The third-order valence-corrected chi connectivity index (χ3v) is 4.41. The first kappa shape index (κ1) is 18.0. The number of carbonyl (C=O) groups is 1. The lowest BCUT2D eigenvalue weighted by atomic mass is 9.99. The average Bonchev–Trinajstić information content (AvgIpc) is 2.70. The van der Waals surface area contributed by atoms with Crippen LogP contribution in [0.2, 0.25) is 0 Å². The average molecular weight is 349 g/mol. The highest BCUT2D eigenvalue weighted by Gasteiger charge is 2.09. The lowest BCUT2D eigenvalue weighted by molar-refractivity contribution is -0.142. The molecule has 0 saturated heterocycles. The predicted molar refractivity (Wildman–Crippen MR) is 103 cm³/mol. The Hall–Kier alpha value is -2.85. The fourth-order valence-corrected chi connectivity index (χ4v) is 2.91. The van der Waals surface area contributed by atoms with Crippen molar-refractivity contribution in [2.45, 2.75) is 19.5 Å². The van der Waals surface area contributed by atoms with E-state index in [1.165, 1.54) is 23.4 Å². The van der Waals surface area contributed by atoms with E-state index in [1.54, 1.807) is 0 Å². The summed E-state index contributed by atoms with van der Waals surface area (Å²) >= 11 is 0. The van der Waals surface area contributed by atoms with E-state index in [0.717, 1.165) is 12.1 Å². The van der Waals surface area contributed by atoms with Crippen LogP contribution in [-0.2, 0) is 16.1 Å². The molecule has 1 atom stereocenters. The van der Waals surface area contributed by atoms with Crippen molar-refractivity contribution in [3.63, 3.8) is 0 Å². The maximum absolute atomic E-state index is 11.1. The molecule has 1 N–H and O–H groups in total. The molecule has 3 aromatic carbocycles. The highest BCUT2D eigenvalue weighted by Crippen LogP contribution is 2.24. The maximum atomic E-state index is 11.1. The minimum atomic E-state index is -0.389. The summed E-state index contributed by atoms with van der Waals surface area (Å²) in [6, 6.07) is 22.8. The molecule has 26 heavy (non-hydrogen) atoms. The van der Waals surface area contributed by atoms with Crippen LogP contribution in [-0.4, -0.2) is 19.7 Å². The van der Waals surface area contributed by atoms with Crippen molar-refractivity contribution in [3.05, 3.63) is 77.9 Å². The first-order valence-electron chi connectivity index (χ1n) is 8.67. The minimum absolute atomic E-state index is 0.0772. The van der Waals surface area contributed by atoms with Gasteiger partial charge in [-0.3, -0.25) is 0 Å². The van der Waals surface area contributed by atoms with Crippen molar-refractivity contribution in [1.82, 2.24) is 5.32 Å². The van der Waals surface area contributed by atoms with Crippen LogP contribution < -0.4 is 10.1 Å². The second kappa shape index (κ2) is 8.50. The Morgan fingerprint density at radius 2 is 1.73 bits per heavy atom. The zero-order chi connectivity index (χ0) is 18.4. The highest BCUT2D eigenvalue weighted by molar-refractivity contribution is 5.86. The molecule has 0 heterocycles. The molecule has 0 aromatic heterocycles. The summed E-state index contributed by atoms with van der Waals surface area (Å²) in [6.07, 6.45) is 0. The number of nitrogens with one attached hydrogen (secondary N) is 1. The van der Waals surface area contributed by atoms with Crippen molar-refractivity contribution in [1.29, 1.82) is 0 Å². The summed E-state index contributed by atoms with van der Waals surface area (Å²) in [6.45, 7) is 2.85. The Labute approximate surface area is 153 Å². The zero-order valence-electron chi connectivity index (χ0n) is 15.1. The molecule has 0 spiro atoms. The number of hydrogen-bond donors (Lipinski definition) is 1. The number of carbonyl (C=O) groups excluding carboxylic acids is 1. The van der Waals surface area contributed by atoms with Crippen molar-refractivity contribution >= 4 is 16.7 Å². The van der Waals surface area contributed by atoms with Crippen LogP contribution in [0.15, 0.2) is 66.7 Å². The normalized spacial score (nSPS) is 11.9. The molecule has 0 saturated carbocycles. The maximum Gasteiger partial charge on any atom is 0.343 e. The van der Waals surface area contributed by atoms with Crippen LogP contribution in [0.25, 0.3) is 10.8 Å². The monoisotopic (exact) mass is 349 g/mol. The molecule has 0 fully saturated rings. The fraction of sp³-hybridized carbons (Fsp3) is 0.227. The largest absolute Gasteiger partial charge is 0.482 e. The third-order valence-electron chi connectivity index (χ3n) is 4.41. The van der Waals surface area contributed by atoms with E-state index >= 15 is 0 Å². The van der Waals surface area contributed by atoms with Crippen LogP contribution in [0.5, 0.6) is 5.75 Å². The van der Waals surface area contributed by atoms with E-state index in [4.69, 9.17) is 4.74 Å². The third kappa shape index (κ3) is 4.41. The molecule has 0 radical (unpaired) electrons. The minimum Gasteiger partial charge on any atom is -0.482 e. The van der Waals surface area contributed by atoms with Gasteiger partial charge in [0.05, 0.1) is 7.11 Å². The number of benzene rings is 3. The number of methoxy groups -OCH3 is 1. The smallest absolute Gasteiger partial charge is 0.343 e. The van der Waals surface area contributed by atoms with Gasteiger partial charge < -0.3 is 14.8 Å². The fourth-order valence-electron chi connectivity index (χ4n) is 2.91. The Bertz CT molecular complexity index is 869. The number of esters is 1. The second-order valence-electron chi connectivity index (χ2n) is 6.18. The molecule has 0 amide bonds. The molecule has 0 aliphatic rings. The van der Waals surface area contributed by atoms with E-state index in [-0.39, 0.29) is 18.6 Å². The molecule has 3 rings (SSSR count). The van der Waals surface area contributed by atoms with Crippen LogP contribution in [0.4, 0.5) is 0 Å². The lowest BCUT2D eigenvalue weighted by Crippen LogP contribution is -2.18. The summed E-state index contributed by atoms with van der Waals surface area (Å²) in [5.74, 6) is 0.265. The molecule has 0 aliphatic carbocycles. The van der Waals surface area contributed by atoms with Gasteiger partial charge in [-0.15, -0.1) is 0 Å². The number of fused-ring (bicyclic) bond motifs is 1. The van der Waals surface area contributed by atoms with Gasteiger partial charge in [-0.05, 0) is 41.0 Å². The van der Waals surface area contributed by atoms with E-state index in [0.29, 0.717) is 5.75 Å². The first-order chi connectivity index (χ1) is 12.7. The van der Waals surface area contributed by atoms with Crippen LogP contribution in [0.1, 0.15) is 24.1 Å². The number of rotatable bonds is 7. The van der Waals surface area contributed by atoms with Gasteiger partial charge >= 0.3 is 5.97 Å². The van der Waals surface area contributed by atoms with Crippen molar-refractivity contribution in [2.24, 2.45) is 0 Å². The van der Waals surface area contributed by atoms with Crippen LogP contribution >= 0.6 is 0 Å². The van der Waals surface area contributed by atoms with Gasteiger partial charge in [0.1, 0.15) is 5.75 Å². The second-order valence-corrected chi connectivity index (χ2v) is 6.18. The summed E-state index contributed by atoms with van der Waals surface area (Å²) in [4.78, 5) is 11.1. The standard InChI is InChI=1S/C22H23NO3/c1-16(20-9-5-7-18-6-3-4-8-21(18)20)23-14-17-10-12-19(13-11-17)26-15-22(24)25-2/h3-13,16,23H,14-15H2,1-2H3/t16-/m1/s1. The van der Waals surface area contributed by atoms with Gasteiger partial charge in [0.25, 0.3) is 0 Å². The summed E-state index contributed by atoms with van der Waals surface area (Å²) in [5, 5.41) is 6.11. The zero-order valence-corrected chi connectivity index (χ0v) is 15.1. The Balaban J connectivity index is 1.60. The molecule has 0 unspecified atom stereocenters. The van der Waals surface area contributed by atoms with Crippen LogP contribution in [0.3, 0.4) is 0 Å². The Kier molecular flexibility index (Phi) is 5.87. The molecule has 3 aromatic rings. The van der Waals surface area contributed by atoms with Gasteiger partial charge in [0, 0.05) is 12.6 Å². The lowest BCUT2D eigenvalue weighted by Gasteiger charge is -2.17. The van der Waals surface area contributed by atoms with Crippen LogP contribution in [0, 0.1) is 0 Å². The summed E-state index contributed by atoms with van der Waals surface area (Å²) < 4.78 is 9.92. The first-order valence-corrected chi connectivity index (χ1v) is 8.67. The van der Waals surface area contributed by atoms with Gasteiger partial charge in [-0.1, -0.05) is 54.6 Å². The quantitative estimate of drug-likeness (QED) is 0.648. The summed E-state index contributed by atoms with van der Waals surface area (Å²) in [5.41, 5.74) is 2.45. The molecule has 4 nitrogen and oxygen atoms in total. The van der Waals surface area contributed by atoms with Gasteiger partial charge in [0.2, 0.25) is 0 Å². The molecule has 0 bridgehead atoms. The topological polar surface area (TPSA) is 47.6 Å². The summed E-state index contributed by atoms with van der Waals surface area (Å²) in [7, 11) is 1.34. The molecule has 0 aliphatic heterocycles. The number of ether oxygens (including phenoxy) is 2. The van der Waals surface area contributed by atoms with Gasteiger partial charge in [0.15, 0.2) is 6.61 Å². The van der Waals surface area contributed by atoms with E-state index < -0.39 is 0 Å². The van der Waals surface area contributed by atoms with Crippen molar-refractivity contribution < 1.29 is 14.3 Å². The Morgan fingerprint density at radius 1 is 1.00 bits per heavy atom. The van der Waals surface area contributed by atoms with Crippen molar-refractivity contribution in [3.8, 4) is 5.75 Å². The van der Waals surface area contributed by atoms with Crippen molar-refractivity contribution in [2.75, 3.05) is 13.7 Å². The Morgan fingerprint density at radius 3 is 2.50 bits per heavy atom. The molecule has 4 heteroatoms. The highest BCUT2D eigenvalue weighted by atomic mass is 16.6. The predicted octanol–water partition coefficient (Wildman–Crippen LogP) is 4.24. The van der Waals surface area contributed by atoms with Gasteiger partial charge in [-0.2, -0.15) is 0 Å². The number of hydrogen-bond acceptors (Lipinski definition) is 4.